The minimum absolute atomic E-state index is 0.0956. The van der Waals surface area contributed by atoms with Crippen LogP contribution < -0.4 is 10.1 Å². The van der Waals surface area contributed by atoms with Crippen molar-refractivity contribution in [3.05, 3.63) is 65.7 Å². The van der Waals surface area contributed by atoms with Crippen LogP contribution in [0.25, 0.3) is 0 Å². The van der Waals surface area contributed by atoms with E-state index in [1.54, 1.807) is 0 Å². The zero-order valence-electron chi connectivity index (χ0n) is 49.1. The Kier molecular flexibility index (Phi) is 30.9. The molecule has 0 fully saturated rings. The van der Waals surface area contributed by atoms with Gasteiger partial charge in [-0.1, -0.05) is 201 Å². The maximum Gasteiger partial charge on any atom is 0.408 e. The quantitative estimate of drug-likeness (QED) is 0.0404. The fourth-order valence-electron chi connectivity index (χ4n) is 8.47. The van der Waals surface area contributed by atoms with Crippen molar-refractivity contribution in [2.75, 3.05) is 26.2 Å². The number of esters is 1. The number of nitrogens with one attached hydrogen (secondary N) is 1. The molecule has 9 nitrogen and oxygen atoms in total. The average molecular weight is 1040 g/mol. The molecular formula is C61H110N2O7Si2. The first-order valence-electron chi connectivity index (χ1n) is 28.9. The van der Waals surface area contributed by atoms with E-state index in [0.717, 1.165) is 49.4 Å². The summed E-state index contributed by atoms with van der Waals surface area (Å²) in [6.45, 7) is 36.8. The molecule has 2 aromatic carbocycles. The standard InChI is InChI=1S/C61H110N2O7Si2/c1-16-18-20-22-24-26-28-33-38-54(69-71(12,13)60(6,7)8)48-63(49-55(70-72(14,15)61(9,10)11)39-34-29-27-25-23-21-19-17-2)46-35-47-66-57(64)56(62-58(65)68-59(3,4)5)45-42-51-40-43-53(44-41-51)67-50-52-36-31-30-32-37-52/h30-32,36-37,40-41,43-44,54-56H,16-29,33-35,38-39,42,45-50H2,1-15H3,(H,62,65)/t54?,55?,56-/m0/s1. The summed E-state index contributed by atoms with van der Waals surface area (Å²) in [4.78, 5) is 29.7. The zero-order valence-corrected chi connectivity index (χ0v) is 51.1. The van der Waals surface area contributed by atoms with Crippen molar-refractivity contribution < 1.29 is 32.7 Å². The van der Waals surface area contributed by atoms with Crippen molar-refractivity contribution in [1.82, 2.24) is 10.2 Å². The lowest BCUT2D eigenvalue weighted by Gasteiger charge is -2.42. The fraction of sp³-hybridized carbons (Fsp3) is 0.770. The van der Waals surface area contributed by atoms with E-state index in [2.05, 4.69) is 91.8 Å². The number of benzene rings is 2. The van der Waals surface area contributed by atoms with Gasteiger partial charge >= 0.3 is 12.1 Å². The molecule has 3 atom stereocenters. The van der Waals surface area contributed by atoms with Crippen molar-refractivity contribution in [2.24, 2.45) is 0 Å². The van der Waals surface area contributed by atoms with Crippen LogP contribution in [-0.4, -0.2) is 83.7 Å². The van der Waals surface area contributed by atoms with E-state index in [1.165, 1.54) is 103 Å². The molecule has 0 saturated heterocycles. The summed E-state index contributed by atoms with van der Waals surface area (Å²) in [7, 11) is -4.18. The molecular weight excluding hydrogens is 929 g/mol. The van der Waals surface area contributed by atoms with Gasteiger partial charge in [0, 0.05) is 19.6 Å². The van der Waals surface area contributed by atoms with Crippen molar-refractivity contribution in [2.45, 2.75) is 278 Å². The average Bonchev–Trinajstić information content (AvgIpc) is 3.29. The molecule has 0 heterocycles. The molecule has 1 N–H and O–H groups in total. The van der Waals surface area contributed by atoms with Crippen LogP contribution in [0.2, 0.25) is 36.3 Å². The molecule has 0 saturated carbocycles. The molecule has 0 radical (unpaired) electrons. The van der Waals surface area contributed by atoms with E-state index in [4.69, 9.17) is 23.1 Å². The lowest BCUT2D eigenvalue weighted by atomic mass is 10.0. The smallest absolute Gasteiger partial charge is 0.408 e. The Morgan fingerprint density at radius 3 is 1.47 bits per heavy atom. The molecule has 2 unspecified atom stereocenters. The van der Waals surface area contributed by atoms with Gasteiger partial charge in [0.05, 0.1) is 18.8 Å². The summed E-state index contributed by atoms with van der Waals surface area (Å²) in [6, 6.07) is 17.2. The van der Waals surface area contributed by atoms with Crippen LogP contribution in [0, 0.1) is 0 Å². The summed E-state index contributed by atoms with van der Waals surface area (Å²) < 4.78 is 32.4. The van der Waals surface area contributed by atoms with Gasteiger partial charge in [0.25, 0.3) is 0 Å². The monoisotopic (exact) mass is 1040 g/mol. The van der Waals surface area contributed by atoms with Gasteiger partial charge in [-0.25, -0.2) is 9.59 Å². The van der Waals surface area contributed by atoms with Gasteiger partial charge in [-0.15, -0.1) is 0 Å². The lowest BCUT2D eigenvalue weighted by molar-refractivity contribution is -0.146. The number of ether oxygens (including phenoxy) is 3. The topological polar surface area (TPSA) is 95.6 Å². The minimum atomic E-state index is -2.09. The lowest BCUT2D eigenvalue weighted by Crippen LogP contribution is -2.50. The van der Waals surface area contributed by atoms with E-state index in [0.29, 0.717) is 25.9 Å². The second kappa shape index (κ2) is 34.1. The van der Waals surface area contributed by atoms with Gasteiger partial charge in [0.2, 0.25) is 0 Å². The highest BCUT2D eigenvalue weighted by Gasteiger charge is 2.41. The Labute approximate surface area is 445 Å². The molecule has 0 spiro atoms. The van der Waals surface area contributed by atoms with E-state index >= 15 is 0 Å². The van der Waals surface area contributed by atoms with Crippen LogP contribution in [0.4, 0.5) is 4.79 Å². The number of hydrogen-bond donors (Lipinski definition) is 1. The number of nitrogens with zero attached hydrogens (tertiary/aromatic N) is 1. The number of amides is 1. The highest BCUT2D eigenvalue weighted by atomic mass is 28.4. The SMILES string of the molecule is CCCCCCCCCCC(CN(CCCOC(=O)[C@H](CCc1ccc(OCc2ccccc2)cc1)NC(=O)OC(C)(C)C)CC(CCCCCCCCCC)O[Si](C)(C)C(C)(C)C)O[Si](C)(C)C(C)(C)C. The van der Waals surface area contributed by atoms with Crippen LogP contribution in [0.15, 0.2) is 54.6 Å². The summed E-state index contributed by atoms with van der Waals surface area (Å²) in [6.07, 6.45) is 23.8. The van der Waals surface area contributed by atoms with Gasteiger partial charge in [-0.2, -0.15) is 0 Å². The number of hydrogen-bond acceptors (Lipinski definition) is 8. The van der Waals surface area contributed by atoms with Gasteiger partial charge in [0.15, 0.2) is 16.6 Å². The summed E-state index contributed by atoms with van der Waals surface area (Å²) >= 11 is 0. The number of alkyl carbamates (subject to hydrolysis) is 1. The predicted octanol–water partition coefficient (Wildman–Crippen LogP) is 17.2. The number of rotatable bonds is 38. The van der Waals surface area contributed by atoms with Gasteiger partial charge in [-0.05, 0) is 112 Å². The Balaban J connectivity index is 2.33. The molecule has 1 amide bonds. The largest absolute Gasteiger partial charge is 0.489 e. The summed E-state index contributed by atoms with van der Waals surface area (Å²) in [5, 5.41) is 3.04. The molecule has 11 heteroatoms. The highest BCUT2D eigenvalue weighted by Crippen LogP contribution is 2.39. The summed E-state index contributed by atoms with van der Waals surface area (Å²) in [5.74, 6) is 0.328. The van der Waals surface area contributed by atoms with Crippen LogP contribution >= 0.6 is 0 Å². The fourth-order valence-corrected chi connectivity index (χ4v) is 11.2. The van der Waals surface area contributed by atoms with Crippen molar-refractivity contribution >= 4 is 28.7 Å². The molecule has 0 aliphatic rings. The number of carbonyl (C=O) groups excluding carboxylic acids is 2. The van der Waals surface area contributed by atoms with Gasteiger partial charge < -0.3 is 28.4 Å². The van der Waals surface area contributed by atoms with E-state index in [9.17, 15) is 9.59 Å². The second-order valence-electron chi connectivity index (χ2n) is 25.0. The Hall–Kier alpha value is -2.71. The highest BCUT2D eigenvalue weighted by molar-refractivity contribution is 6.74. The van der Waals surface area contributed by atoms with E-state index in [1.807, 2.05) is 75.4 Å². The molecule has 0 aromatic heterocycles. The maximum atomic E-state index is 14.0. The van der Waals surface area contributed by atoms with Crippen LogP contribution in [0.5, 0.6) is 5.75 Å². The molecule has 0 aliphatic heterocycles. The number of carbonyl (C=O) groups is 2. The van der Waals surface area contributed by atoms with Crippen molar-refractivity contribution in [1.29, 1.82) is 0 Å². The Morgan fingerprint density at radius 2 is 1.03 bits per heavy atom. The molecule has 0 bridgehead atoms. The minimum Gasteiger partial charge on any atom is -0.489 e. The van der Waals surface area contributed by atoms with Crippen LogP contribution in [0.3, 0.4) is 0 Å². The first-order valence-corrected chi connectivity index (χ1v) is 34.7. The number of aryl methyl sites for hydroxylation is 1. The summed E-state index contributed by atoms with van der Waals surface area (Å²) in [5.41, 5.74) is 1.43. The third-order valence-electron chi connectivity index (χ3n) is 14.9. The third kappa shape index (κ3) is 28.8. The van der Waals surface area contributed by atoms with E-state index < -0.39 is 40.3 Å². The maximum absolute atomic E-state index is 14.0. The molecule has 72 heavy (non-hydrogen) atoms. The first kappa shape index (κ1) is 65.4. The number of unbranched alkanes of at least 4 members (excludes halogenated alkanes) is 14. The van der Waals surface area contributed by atoms with E-state index in [-0.39, 0.29) is 28.9 Å². The van der Waals surface area contributed by atoms with Gasteiger partial charge in [0.1, 0.15) is 24.0 Å². The van der Waals surface area contributed by atoms with Gasteiger partial charge in [-0.3, -0.25) is 4.90 Å². The van der Waals surface area contributed by atoms with Crippen molar-refractivity contribution in [3.63, 3.8) is 0 Å². The second-order valence-corrected chi connectivity index (χ2v) is 34.5. The molecule has 2 aromatic rings. The van der Waals surface area contributed by atoms with Crippen molar-refractivity contribution in [3.8, 4) is 5.75 Å². The molecule has 0 aliphatic carbocycles. The Bertz CT molecular complexity index is 1660. The zero-order chi connectivity index (χ0) is 53.7. The predicted molar refractivity (Wildman–Crippen MR) is 309 cm³/mol. The third-order valence-corrected chi connectivity index (χ3v) is 24.0. The molecule has 414 valence electrons. The normalized spacial score (nSPS) is 14.0. The first-order chi connectivity index (χ1) is 33.9. The van der Waals surface area contributed by atoms with Crippen LogP contribution in [0.1, 0.15) is 216 Å². The molecule has 2 rings (SSSR count). The van der Waals surface area contributed by atoms with Crippen LogP contribution in [-0.2, 0) is 36.1 Å². The Morgan fingerprint density at radius 1 is 0.569 bits per heavy atom.